The van der Waals surface area contributed by atoms with E-state index in [1.165, 1.54) is 0 Å². The second kappa shape index (κ2) is 9.80. The first-order valence-electron chi connectivity index (χ1n) is 8.06. The SMILES string of the molecule is Clc1cc(Cl)cc(Nc2nc(NC3CCNCC3)n[nH]2)c1.O=C(O)C(F)(F)F. The van der Waals surface area contributed by atoms with Crippen molar-refractivity contribution in [3.8, 4) is 0 Å². The van der Waals surface area contributed by atoms with Gasteiger partial charge in [-0.25, -0.2) is 9.89 Å². The number of anilines is 3. The average Bonchev–Trinajstić information content (AvgIpc) is 3.01. The molecule has 0 amide bonds. The molecule has 1 saturated heterocycles. The molecule has 1 aromatic heterocycles. The predicted molar refractivity (Wildman–Crippen MR) is 99.3 cm³/mol. The predicted octanol–water partition coefficient (Wildman–Crippen LogP) is 3.65. The molecule has 154 valence electrons. The number of piperidine rings is 1. The molecule has 1 aromatic carbocycles. The minimum Gasteiger partial charge on any atom is -0.475 e. The third kappa shape index (κ3) is 7.41. The Hall–Kier alpha value is -2.24. The zero-order valence-corrected chi connectivity index (χ0v) is 15.8. The van der Waals surface area contributed by atoms with Crippen molar-refractivity contribution in [2.45, 2.75) is 25.1 Å². The van der Waals surface area contributed by atoms with E-state index in [4.69, 9.17) is 33.1 Å². The molecule has 13 heteroatoms. The molecule has 0 unspecified atom stereocenters. The van der Waals surface area contributed by atoms with Gasteiger partial charge in [0.2, 0.25) is 11.9 Å². The molecule has 0 spiro atoms. The van der Waals surface area contributed by atoms with Crippen LogP contribution in [0.25, 0.3) is 0 Å². The summed E-state index contributed by atoms with van der Waals surface area (Å²) in [6, 6.07) is 5.64. The number of H-pyrrole nitrogens is 1. The Morgan fingerprint density at radius 1 is 1.18 bits per heavy atom. The van der Waals surface area contributed by atoms with Crippen LogP contribution >= 0.6 is 23.2 Å². The summed E-state index contributed by atoms with van der Waals surface area (Å²) < 4.78 is 31.7. The zero-order valence-electron chi connectivity index (χ0n) is 14.3. The minimum atomic E-state index is -5.08. The summed E-state index contributed by atoms with van der Waals surface area (Å²) in [5.74, 6) is -1.62. The molecule has 2 aromatic rings. The number of aromatic amines is 1. The molecule has 8 nitrogen and oxygen atoms in total. The maximum atomic E-state index is 10.6. The molecule has 3 rings (SSSR count). The quantitative estimate of drug-likeness (QED) is 0.492. The topological polar surface area (TPSA) is 115 Å². The molecule has 1 aliphatic heterocycles. The molecule has 1 fully saturated rings. The van der Waals surface area contributed by atoms with Crippen LogP contribution < -0.4 is 16.0 Å². The van der Waals surface area contributed by atoms with E-state index in [0.29, 0.717) is 28.0 Å². The van der Waals surface area contributed by atoms with Crippen LogP contribution in [-0.2, 0) is 4.79 Å². The Morgan fingerprint density at radius 3 is 2.29 bits per heavy atom. The van der Waals surface area contributed by atoms with E-state index in [0.717, 1.165) is 31.6 Å². The van der Waals surface area contributed by atoms with Crippen LogP contribution in [0.4, 0.5) is 30.8 Å². The van der Waals surface area contributed by atoms with Crippen molar-refractivity contribution in [3.63, 3.8) is 0 Å². The number of nitrogens with zero attached hydrogens (tertiary/aromatic N) is 2. The summed E-state index contributed by atoms with van der Waals surface area (Å²) in [7, 11) is 0. The number of carboxylic acid groups (broad SMARTS) is 1. The first-order valence-corrected chi connectivity index (χ1v) is 8.82. The fraction of sp³-hybridized carbons (Fsp3) is 0.400. The highest BCUT2D eigenvalue weighted by Gasteiger charge is 2.38. The molecule has 2 heterocycles. The van der Waals surface area contributed by atoms with Crippen molar-refractivity contribution >= 4 is 46.8 Å². The molecule has 0 saturated carbocycles. The average molecular weight is 441 g/mol. The summed E-state index contributed by atoms with van der Waals surface area (Å²) in [5, 5.41) is 25.0. The van der Waals surface area contributed by atoms with Gasteiger partial charge in [-0.2, -0.15) is 18.2 Å². The van der Waals surface area contributed by atoms with E-state index in [1.807, 2.05) is 0 Å². The zero-order chi connectivity index (χ0) is 20.7. The first kappa shape index (κ1) is 22.1. The molecular weight excluding hydrogens is 424 g/mol. The highest BCUT2D eigenvalue weighted by atomic mass is 35.5. The van der Waals surface area contributed by atoms with Crippen molar-refractivity contribution in [2.75, 3.05) is 23.7 Å². The number of aliphatic carboxylic acids is 1. The fourth-order valence-electron chi connectivity index (χ4n) is 2.29. The normalized spacial score (nSPS) is 14.8. The minimum absolute atomic E-state index is 0.413. The summed E-state index contributed by atoms with van der Waals surface area (Å²) in [6.45, 7) is 2.04. The van der Waals surface area contributed by atoms with Crippen LogP contribution in [0.2, 0.25) is 10.0 Å². The number of aromatic nitrogens is 3. The van der Waals surface area contributed by atoms with E-state index in [1.54, 1.807) is 18.2 Å². The van der Waals surface area contributed by atoms with Crippen LogP contribution in [0.15, 0.2) is 18.2 Å². The third-order valence-corrected chi connectivity index (χ3v) is 3.96. The van der Waals surface area contributed by atoms with Gasteiger partial charge in [-0.15, -0.1) is 5.10 Å². The van der Waals surface area contributed by atoms with Crippen molar-refractivity contribution < 1.29 is 23.1 Å². The molecule has 5 N–H and O–H groups in total. The van der Waals surface area contributed by atoms with Crippen molar-refractivity contribution in [2.24, 2.45) is 0 Å². The molecule has 0 bridgehead atoms. The van der Waals surface area contributed by atoms with Gasteiger partial charge in [-0.1, -0.05) is 23.2 Å². The number of rotatable bonds is 4. The lowest BCUT2D eigenvalue weighted by molar-refractivity contribution is -0.192. The van der Waals surface area contributed by atoms with Crippen LogP contribution in [-0.4, -0.2) is 51.6 Å². The third-order valence-electron chi connectivity index (χ3n) is 3.53. The van der Waals surface area contributed by atoms with Gasteiger partial charge in [-0.3, -0.25) is 0 Å². The molecule has 0 radical (unpaired) electrons. The summed E-state index contributed by atoms with van der Waals surface area (Å²) >= 11 is 11.9. The number of alkyl halides is 3. The highest BCUT2D eigenvalue weighted by molar-refractivity contribution is 6.35. The van der Waals surface area contributed by atoms with Crippen LogP contribution in [0, 0.1) is 0 Å². The van der Waals surface area contributed by atoms with E-state index in [-0.39, 0.29) is 0 Å². The Bertz CT molecular complexity index is 776. The van der Waals surface area contributed by atoms with Gasteiger partial charge >= 0.3 is 12.1 Å². The molecule has 0 atom stereocenters. The lowest BCUT2D eigenvalue weighted by Gasteiger charge is -2.22. The second-order valence-corrected chi connectivity index (χ2v) is 6.64. The largest absolute Gasteiger partial charge is 0.490 e. The number of benzene rings is 1. The van der Waals surface area contributed by atoms with Gasteiger partial charge in [0.15, 0.2) is 0 Å². The van der Waals surface area contributed by atoms with Crippen LogP contribution in [0.3, 0.4) is 0 Å². The summed E-state index contributed by atoms with van der Waals surface area (Å²) in [4.78, 5) is 13.3. The second-order valence-electron chi connectivity index (χ2n) is 5.76. The molecule has 1 aliphatic rings. The molecule has 0 aliphatic carbocycles. The van der Waals surface area contributed by atoms with Crippen molar-refractivity contribution in [1.82, 2.24) is 20.5 Å². The van der Waals surface area contributed by atoms with E-state index in [2.05, 4.69) is 31.1 Å². The van der Waals surface area contributed by atoms with Gasteiger partial charge in [0.1, 0.15) is 0 Å². The Kier molecular flexibility index (Phi) is 7.72. The summed E-state index contributed by atoms with van der Waals surface area (Å²) in [5.41, 5.74) is 0.761. The first-order chi connectivity index (χ1) is 13.1. The van der Waals surface area contributed by atoms with Crippen LogP contribution in [0.1, 0.15) is 12.8 Å². The number of hydrogen-bond acceptors (Lipinski definition) is 6. The number of carboxylic acids is 1. The summed E-state index contributed by atoms with van der Waals surface area (Å²) in [6.07, 6.45) is -2.94. The van der Waals surface area contributed by atoms with Gasteiger partial charge in [0.05, 0.1) is 0 Å². The lowest BCUT2D eigenvalue weighted by atomic mass is 10.1. The Balaban J connectivity index is 0.000000345. The molecular formula is C15H17Cl2F3N6O2. The van der Waals surface area contributed by atoms with Gasteiger partial charge in [0.25, 0.3) is 0 Å². The number of nitrogens with one attached hydrogen (secondary N) is 4. The number of hydrogen-bond donors (Lipinski definition) is 5. The van der Waals surface area contributed by atoms with Gasteiger partial charge < -0.3 is 21.1 Å². The van der Waals surface area contributed by atoms with Crippen molar-refractivity contribution in [1.29, 1.82) is 0 Å². The molecule has 28 heavy (non-hydrogen) atoms. The Labute approximate surface area is 167 Å². The highest BCUT2D eigenvalue weighted by Crippen LogP contribution is 2.24. The van der Waals surface area contributed by atoms with Gasteiger partial charge in [-0.05, 0) is 44.1 Å². The van der Waals surface area contributed by atoms with E-state index < -0.39 is 12.1 Å². The maximum absolute atomic E-state index is 10.6. The van der Waals surface area contributed by atoms with E-state index >= 15 is 0 Å². The smallest absolute Gasteiger partial charge is 0.475 e. The van der Waals surface area contributed by atoms with Crippen LogP contribution in [0.5, 0.6) is 0 Å². The van der Waals surface area contributed by atoms with Crippen molar-refractivity contribution in [3.05, 3.63) is 28.2 Å². The Morgan fingerprint density at radius 2 is 1.75 bits per heavy atom. The maximum Gasteiger partial charge on any atom is 0.490 e. The van der Waals surface area contributed by atoms with E-state index in [9.17, 15) is 13.2 Å². The standard InChI is InChI=1S/C13H16Cl2N6.C2HF3O2/c14-8-5-9(15)7-11(6-8)18-13-19-12(20-21-13)17-10-1-3-16-4-2-10;3-2(4,5)1(6)7/h5-7,10,16H,1-4H2,(H3,17,18,19,20,21);(H,6,7). The fourth-order valence-corrected chi connectivity index (χ4v) is 2.82. The number of carbonyl (C=O) groups is 1. The lowest BCUT2D eigenvalue weighted by Crippen LogP contribution is -2.35. The monoisotopic (exact) mass is 440 g/mol. The number of halogens is 5. The van der Waals surface area contributed by atoms with Gasteiger partial charge in [0, 0.05) is 21.8 Å².